The zero-order chi connectivity index (χ0) is 39.2. The minimum Gasteiger partial charge on any atom is -0.488 e. The van der Waals surface area contributed by atoms with Crippen molar-refractivity contribution in [1.29, 1.82) is 0 Å². The second-order valence-electron chi connectivity index (χ2n) is 17.1. The zero-order valence-electron chi connectivity index (χ0n) is 32.2. The molecule has 0 bridgehead atoms. The predicted molar refractivity (Wildman–Crippen MR) is 207 cm³/mol. The fourth-order valence-electron chi connectivity index (χ4n) is 8.05. The fraction of sp³-hybridized carbons (Fsp3) is 0.548. The van der Waals surface area contributed by atoms with Gasteiger partial charge in [0.25, 0.3) is 0 Å². The summed E-state index contributed by atoms with van der Waals surface area (Å²) >= 11 is 0. The Balaban J connectivity index is 1.18. The molecular weight excluding hydrogens is 721 g/mol. The van der Waals surface area contributed by atoms with Crippen LogP contribution in [0.15, 0.2) is 67.0 Å². The minimum atomic E-state index is -3.93. The molecule has 3 aromatic rings. The third-order valence-corrected chi connectivity index (χ3v) is 13.8. The van der Waals surface area contributed by atoms with Crippen LogP contribution in [0.3, 0.4) is 0 Å². The van der Waals surface area contributed by atoms with Crippen LogP contribution in [0.5, 0.6) is 5.75 Å². The van der Waals surface area contributed by atoms with E-state index >= 15 is 0 Å². The third kappa shape index (κ3) is 8.36. The van der Waals surface area contributed by atoms with Crippen LogP contribution >= 0.6 is 0 Å². The summed E-state index contributed by atoms with van der Waals surface area (Å²) in [7, 11) is -3.93. The van der Waals surface area contributed by atoms with Crippen LogP contribution in [0.4, 0.5) is 0 Å². The van der Waals surface area contributed by atoms with Crippen LogP contribution < -0.4 is 9.46 Å². The standard InChI is InChI=1S/C42H52N4O8S/c1-40(2,3)54-37(48)21-28-13-9-6-5-7-10-14-29-24-42(29,39(50)44-55(51,52)41(4)19-20-41)25-36(47)35-23-32(26-45(35)38(28)49)53-31-17-18-33-34(22-31)46(27-43-33)30-15-11-8-12-16-30/h8,10-12,14-18,22,27-29,32,35H,5-7,9,13,19-21,23-26H2,1-4H3,(H,44,50)/b14-10-/t28-,29+,32-,35+,42-/m1/s1. The van der Waals surface area contributed by atoms with Gasteiger partial charge in [-0.2, -0.15) is 0 Å². The van der Waals surface area contributed by atoms with Gasteiger partial charge in [-0.15, -0.1) is 0 Å². The number of esters is 1. The van der Waals surface area contributed by atoms with Crippen LogP contribution in [0.25, 0.3) is 16.7 Å². The number of nitrogens with one attached hydrogen (secondary N) is 1. The van der Waals surface area contributed by atoms with Crippen molar-refractivity contribution in [2.45, 2.75) is 121 Å². The van der Waals surface area contributed by atoms with Crippen molar-refractivity contribution in [3.63, 3.8) is 0 Å². The van der Waals surface area contributed by atoms with E-state index in [2.05, 4.69) is 9.71 Å². The first-order valence-corrected chi connectivity index (χ1v) is 21.0. The zero-order valence-corrected chi connectivity index (χ0v) is 33.0. The van der Waals surface area contributed by atoms with Crippen LogP contribution in [-0.4, -0.2) is 75.5 Å². The van der Waals surface area contributed by atoms with Gasteiger partial charge < -0.3 is 14.4 Å². The summed E-state index contributed by atoms with van der Waals surface area (Å²) in [6.45, 7) is 7.07. The average Bonchev–Trinajstić information content (AvgIpc) is 3.93. The molecule has 0 unspecified atom stereocenters. The van der Waals surface area contributed by atoms with E-state index in [-0.39, 0.29) is 43.4 Å². The van der Waals surface area contributed by atoms with Crippen molar-refractivity contribution in [3.05, 3.63) is 67.0 Å². The van der Waals surface area contributed by atoms with E-state index in [9.17, 15) is 27.6 Å². The van der Waals surface area contributed by atoms with Crippen molar-refractivity contribution < 1.29 is 37.1 Å². The lowest BCUT2D eigenvalue weighted by Crippen LogP contribution is -2.47. The molecule has 2 aliphatic heterocycles. The molecule has 7 rings (SSSR count). The highest BCUT2D eigenvalue weighted by molar-refractivity contribution is 7.91. The van der Waals surface area contributed by atoms with E-state index in [1.54, 1.807) is 34.0 Å². The summed E-state index contributed by atoms with van der Waals surface area (Å²) in [6, 6.07) is 14.4. The third-order valence-electron chi connectivity index (χ3n) is 11.7. The number of rotatable bonds is 8. The lowest BCUT2D eigenvalue weighted by atomic mass is 9.90. The van der Waals surface area contributed by atoms with E-state index < -0.39 is 55.7 Å². The molecule has 3 heterocycles. The number of para-hydroxylation sites is 1. The van der Waals surface area contributed by atoms with Gasteiger partial charge in [0.2, 0.25) is 21.8 Å². The molecule has 5 atom stereocenters. The number of sulfonamides is 1. The Morgan fingerprint density at radius 1 is 1.04 bits per heavy atom. The summed E-state index contributed by atoms with van der Waals surface area (Å²) in [6.07, 6.45) is 9.83. The Hall–Kier alpha value is -4.52. The number of amides is 2. The normalized spacial score (nSPS) is 27.6. The van der Waals surface area contributed by atoms with Crippen LogP contribution in [-0.2, 0) is 33.9 Å². The smallest absolute Gasteiger partial charge is 0.307 e. The summed E-state index contributed by atoms with van der Waals surface area (Å²) in [5, 5.41) is 0. The molecule has 4 aliphatic rings. The largest absolute Gasteiger partial charge is 0.488 e. The molecule has 3 fully saturated rings. The first kappa shape index (κ1) is 38.7. The lowest BCUT2D eigenvalue weighted by molar-refractivity contribution is -0.159. The molecule has 2 saturated carbocycles. The number of carbonyl (C=O) groups excluding carboxylic acids is 4. The molecule has 12 nitrogen and oxygen atoms in total. The average molecular weight is 773 g/mol. The molecule has 0 spiro atoms. The van der Waals surface area contributed by atoms with Gasteiger partial charge in [-0.25, -0.2) is 13.4 Å². The monoisotopic (exact) mass is 772 g/mol. The maximum absolute atomic E-state index is 14.6. The molecule has 2 aliphatic carbocycles. The Labute approximate surface area is 323 Å². The number of carbonyl (C=O) groups is 4. The quantitative estimate of drug-likeness (QED) is 0.208. The molecule has 0 radical (unpaired) electrons. The number of hydrogen-bond acceptors (Lipinski definition) is 9. The first-order valence-electron chi connectivity index (χ1n) is 19.6. The van der Waals surface area contributed by atoms with Gasteiger partial charge >= 0.3 is 5.97 Å². The highest BCUT2D eigenvalue weighted by Crippen LogP contribution is 2.57. The Kier molecular flexibility index (Phi) is 10.5. The number of Topliss-reactive ketones (excluding diaryl/α,β-unsaturated/α-hetero) is 1. The highest BCUT2D eigenvalue weighted by Gasteiger charge is 2.62. The van der Waals surface area contributed by atoms with Crippen LogP contribution in [0.1, 0.15) is 98.3 Å². The van der Waals surface area contributed by atoms with E-state index in [0.717, 1.165) is 36.0 Å². The van der Waals surface area contributed by atoms with Gasteiger partial charge in [0.05, 0.1) is 40.2 Å². The molecular formula is C42H52N4O8S. The number of ketones is 1. The topological polar surface area (TPSA) is 154 Å². The highest BCUT2D eigenvalue weighted by atomic mass is 32.2. The summed E-state index contributed by atoms with van der Waals surface area (Å²) in [5.41, 5.74) is 0.577. The Morgan fingerprint density at radius 3 is 2.53 bits per heavy atom. The van der Waals surface area contributed by atoms with Crippen molar-refractivity contribution in [2.24, 2.45) is 17.3 Å². The van der Waals surface area contributed by atoms with Crippen molar-refractivity contribution in [2.75, 3.05) is 6.54 Å². The predicted octanol–water partition coefficient (Wildman–Crippen LogP) is 6.21. The molecule has 2 aromatic carbocycles. The molecule has 55 heavy (non-hydrogen) atoms. The number of imidazole rings is 1. The first-order chi connectivity index (χ1) is 26.1. The number of aromatic nitrogens is 2. The van der Waals surface area contributed by atoms with Crippen molar-refractivity contribution >= 4 is 44.6 Å². The summed E-state index contributed by atoms with van der Waals surface area (Å²) in [4.78, 5) is 62.3. The fourth-order valence-corrected chi connectivity index (χ4v) is 9.39. The van der Waals surface area contributed by atoms with E-state index in [1.807, 2.05) is 65.3 Å². The molecule has 294 valence electrons. The minimum absolute atomic E-state index is 0.102. The number of allylic oxidation sites excluding steroid dienone is 2. The number of fused-ring (bicyclic) bond motifs is 3. The van der Waals surface area contributed by atoms with E-state index in [4.69, 9.17) is 9.47 Å². The lowest BCUT2D eigenvalue weighted by Gasteiger charge is -2.29. The second-order valence-corrected chi connectivity index (χ2v) is 19.3. The molecule has 1 aromatic heterocycles. The second kappa shape index (κ2) is 14.9. The van der Waals surface area contributed by atoms with Gasteiger partial charge in [-0.1, -0.05) is 43.2 Å². The van der Waals surface area contributed by atoms with Gasteiger partial charge in [-0.05, 0) is 96.4 Å². The SMILES string of the molecule is CC(C)(C)OC(=O)C[C@H]1CCCCC/C=C\[C@H]2C[C@@]2(C(=O)NS(=O)(=O)C2(C)CC2)CC(=O)[C@@H]2C[C@@H](Oc3ccc4ncn(-c5ccccc5)c4c3)CN2C1=O. The molecule has 1 saturated heterocycles. The van der Waals surface area contributed by atoms with Crippen molar-refractivity contribution in [1.82, 2.24) is 19.2 Å². The van der Waals surface area contributed by atoms with Gasteiger partial charge in [0.1, 0.15) is 23.8 Å². The number of ether oxygens (including phenoxy) is 2. The number of nitrogens with zero attached hydrogens (tertiary/aromatic N) is 3. The van der Waals surface area contributed by atoms with Gasteiger partial charge in [0.15, 0.2) is 5.78 Å². The molecule has 13 heteroatoms. The molecule has 2 amide bonds. The maximum Gasteiger partial charge on any atom is 0.307 e. The number of benzene rings is 2. The molecule has 1 N–H and O–H groups in total. The maximum atomic E-state index is 14.6. The summed E-state index contributed by atoms with van der Waals surface area (Å²) < 4.78 is 41.8. The summed E-state index contributed by atoms with van der Waals surface area (Å²) in [5.74, 6) is -2.26. The van der Waals surface area contributed by atoms with Crippen LogP contribution in [0.2, 0.25) is 0 Å². The van der Waals surface area contributed by atoms with E-state index in [0.29, 0.717) is 37.9 Å². The van der Waals surface area contributed by atoms with Crippen molar-refractivity contribution in [3.8, 4) is 11.4 Å². The Morgan fingerprint density at radius 2 is 1.80 bits per heavy atom. The number of hydrogen-bond donors (Lipinski definition) is 1. The van der Waals surface area contributed by atoms with Crippen LogP contribution in [0, 0.1) is 17.3 Å². The van der Waals surface area contributed by atoms with Gasteiger partial charge in [-0.3, -0.25) is 28.5 Å². The van der Waals surface area contributed by atoms with Gasteiger partial charge in [0, 0.05) is 30.5 Å². The van der Waals surface area contributed by atoms with E-state index in [1.165, 1.54) is 4.90 Å². The Bertz CT molecular complexity index is 2100.